The Kier molecular flexibility index (Phi) is 4.99. The van der Waals surface area contributed by atoms with Crippen LogP contribution in [0.15, 0.2) is 33.7 Å². The number of aliphatic hydroxyl groups is 1. The Morgan fingerprint density at radius 3 is 3.00 bits per heavy atom. The first kappa shape index (κ1) is 14.1. The summed E-state index contributed by atoms with van der Waals surface area (Å²) in [5.41, 5.74) is 1.25. The van der Waals surface area contributed by atoms with Gasteiger partial charge in [-0.2, -0.15) is 4.98 Å². The number of aromatic nitrogens is 2. The third-order valence-electron chi connectivity index (χ3n) is 2.64. The third kappa shape index (κ3) is 4.69. The highest BCUT2D eigenvalue weighted by atomic mass is 32.2. The minimum absolute atomic E-state index is 0.336. The molecule has 19 heavy (non-hydrogen) atoms. The fourth-order valence-electron chi connectivity index (χ4n) is 1.64. The third-order valence-corrected chi connectivity index (χ3v) is 3.63. The van der Waals surface area contributed by atoms with E-state index in [1.54, 1.807) is 18.7 Å². The average Bonchev–Trinajstić information content (AvgIpc) is 2.82. The number of benzene rings is 1. The monoisotopic (exact) mass is 278 g/mol. The van der Waals surface area contributed by atoms with Crippen molar-refractivity contribution in [3.63, 3.8) is 0 Å². The van der Waals surface area contributed by atoms with Gasteiger partial charge in [-0.1, -0.05) is 22.9 Å². The van der Waals surface area contributed by atoms with Crippen LogP contribution in [0.4, 0.5) is 0 Å². The van der Waals surface area contributed by atoms with Gasteiger partial charge in [0.2, 0.25) is 5.89 Å². The smallest absolute Gasteiger partial charge is 0.226 e. The van der Waals surface area contributed by atoms with E-state index in [1.165, 1.54) is 10.5 Å². The fraction of sp³-hybridized carbons (Fsp3) is 0.429. The molecule has 0 aliphatic rings. The summed E-state index contributed by atoms with van der Waals surface area (Å²) >= 11 is 1.69. The van der Waals surface area contributed by atoms with E-state index in [-0.39, 0.29) is 6.10 Å². The highest BCUT2D eigenvalue weighted by Gasteiger charge is 2.08. The molecule has 102 valence electrons. The molecule has 2 rings (SSSR count). The molecule has 4 nitrogen and oxygen atoms in total. The van der Waals surface area contributed by atoms with Gasteiger partial charge in [-0.15, -0.1) is 11.8 Å². The van der Waals surface area contributed by atoms with Crippen LogP contribution in [0, 0.1) is 6.92 Å². The van der Waals surface area contributed by atoms with Gasteiger partial charge in [0.1, 0.15) is 0 Å². The van der Waals surface area contributed by atoms with E-state index >= 15 is 0 Å². The minimum atomic E-state index is -0.336. The first-order valence-corrected chi connectivity index (χ1v) is 7.31. The molecule has 0 aliphatic carbocycles. The Morgan fingerprint density at radius 2 is 2.26 bits per heavy atom. The zero-order chi connectivity index (χ0) is 13.7. The molecule has 2 aromatic rings. The van der Waals surface area contributed by atoms with E-state index in [0.717, 1.165) is 0 Å². The molecule has 1 unspecified atom stereocenters. The zero-order valence-electron chi connectivity index (χ0n) is 11.2. The van der Waals surface area contributed by atoms with Crippen molar-refractivity contribution in [3.8, 4) is 0 Å². The summed E-state index contributed by atoms with van der Waals surface area (Å²) < 4.78 is 5.14. The summed E-state index contributed by atoms with van der Waals surface area (Å²) in [7, 11) is 0. The van der Waals surface area contributed by atoms with E-state index in [0.29, 0.717) is 30.3 Å². The first-order valence-electron chi connectivity index (χ1n) is 6.32. The second-order valence-corrected chi connectivity index (χ2v) is 5.65. The largest absolute Gasteiger partial charge is 0.393 e. The molecule has 1 aromatic carbocycles. The van der Waals surface area contributed by atoms with Crippen molar-refractivity contribution < 1.29 is 9.63 Å². The standard InChI is InChI=1S/C14H18N2O2S/c1-10-4-3-5-12(8-10)19-9-13-15-14(18-16-13)7-6-11(2)17/h3-5,8,11,17H,6-7,9H2,1-2H3. The van der Waals surface area contributed by atoms with Crippen molar-refractivity contribution in [1.29, 1.82) is 0 Å². The van der Waals surface area contributed by atoms with Crippen LogP contribution < -0.4 is 0 Å². The van der Waals surface area contributed by atoms with Gasteiger partial charge < -0.3 is 9.63 Å². The number of hydrogen-bond donors (Lipinski definition) is 1. The van der Waals surface area contributed by atoms with Gasteiger partial charge in [-0.3, -0.25) is 0 Å². The number of nitrogens with zero attached hydrogens (tertiary/aromatic N) is 2. The van der Waals surface area contributed by atoms with E-state index in [2.05, 4.69) is 35.3 Å². The Bertz CT molecular complexity index is 526. The van der Waals surface area contributed by atoms with Gasteiger partial charge in [0.05, 0.1) is 11.9 Å². The quantitative estimate of drug-likeness (QED) is 0.823. The Labute approximate surface area is 117 Å². The summed E-state index contributed by atoms with van der Waals surface area (Å²) in [6.07, 6.45) is 0.934. The number of thioether (sulfide) groups is 1. The highest BCUT2D eigenvalue weighted by molar-refractivity contribution is 7.98. The van der Waals surface area contributed by atoms with E-state index in [9.17, 15) is 5.11 Å². The molecule has 1 heterocycles. The van der Waals surface area contributed by atoms with Crippen LogP contribution >= 0.6 is 11.8 Å². The normalized spacial score (nSPS) is 12.6. The molecule has 0 aliphatic heterocycles. The molecule has 0 amide bonds. The summed E-state index contributed by atoms with van der Waals surface area (Å²) in [4.78, 5) is 5.51. The number of rotatable bonds is 6. The van der Waals surface area contributed by atoms with Gasteiger partial charge in [-0.05, 0) is 32.4 Å². The van der Waals surface area contributed by atoms with Crippen LogP contribution in [0.3, 0.4) is 0 Å². The molecule has 1 N–H and O–H groups in total. The fourth-order valence-corrected chi connectivity index (χ4v) is 2.49. The summed E-state index contributed by atoms with van der Waals surface area (Å²) in [5, 5.41) is 13.1. The summed E-state index contributed by atoms with van der Waals surface area (Å²) in [6.45, 7) is 3.83. The van der Waals surface area contributed by atoms with E-state index in [4.69, 9.17) is 4.52 Å². The maximum atomic E-state index is 9.20. The molecule has 5 heteroatoms. The molecule has 1 atom stereocenters. The lowest BCUT2D eigenvalue weighted by Gasteiger charge is -1.99. The summed E-state index contributed by atoms with van der Waals surface area (Å²) in [5.74, 6) is 1.99. The average molecular weight is 278 g/mol. The van der Waals surface area contributed by atoms with Crippen molar-refractivity contribution in [2.24, 2.45) is 0 Å². The molecule has 0 saturated carbocycles. The second-order valence-electron chi connectivity index (χ2n) is 4.60. The first-order chi connectivity index (χ1) is 9.13. The molecular formula is C14H18N2O2S. The maximum Gasteiger partial charge on any atom is 0.226 e. The minimum Gasteiger partial charge on any atom is -0.393 e. The van der Waals surface area contributed by atoms with Crippen LogP contribution in [0.5, 0.6) is 0 Å². The predicted molar refractivity (Wildman–Crippen MR) is 75.0 cm³/mol. The van der Waals surface area contributed by atoms with E-state index in [1.807, 2.05) is 6.07 Å². The van der Waals surface area contributed by atoms with Crippen LogP contribution in [-0.4, -0.2) is 21.4 Å². The van der Waals surface area contributed by atoms with Gasteiger partial charge in [0.15, 0.2) is 5.82 Å². The predicted octanol–water partition coefficient (Wildman–Crippen LogP) is 2.98. The van der Waals surface area contributed by atoms with Gasteiger partial charge in [0, 0.05) is 11.3 Å². The molecule has 0 fully saturated rings. The van der Waals surface area contributed by atoms with Crippen molar-refractivity contribution >= 4 is 11.8 Å². The number of hydrogen-bond acceptors (Lipinski definition) is 5. The SMILES string of the molecule is Cc1cccc(SCc2noc(CCC(C)O)n2)c1. The van der Waals surface area contributed by atoms with Gasteiger partial charge in [-0.25, -0.2) is 0 Å². The van der Waals surface area contributed by atoms with Crippen molar-refractivity contribution in [2.75, 3.05) is 0 Å². The second kappa shape index (κ2) is 6.73. The van der Waals surface area contributed by atoms with E-state index < -0.39 is 0 Å². The topological polar surface area (TPSA) is 59.2 Å². The van der Waals surface area contributed by atoms with Crippen molar-refractivity contribution in [3.05, 3.63) is 41.5 Å². The van der Waals surface area contributed by atoms with Crippen LogP contribution in [0.25, 0.3) is 0 Å². The molecule has 0 bridgehead atoms. The Hall–Kier alpha value is -1.33. The maximum absolute atomic E-state index is 9.20. The Morgan fingerprint density at radius 1 is 1.42 bits per heavy atom. The van der Waals surface area contributed by atoms with Crippen LogP contribution in [0.2, 0.25) is 0 Å². The lowest BCUT2D eigenvalue weighted by molar-refractivity contribution is 0.180. The molecule has 0 saturated heterocycles. The highest BCUT2D eigenvalue weighted by Crippen LogP contribution is 2.22. The molecule has 0 radical (unpaired) electrons. The molecule has 1 aromatic heterocycles. The van der Waals surface area contributed by atoms with Gasteiger partial charge >= 0.3 is 0 Å². The lowest BCUT2D eigenvalue weighted by Crippen LogP contribution is -2.01. The Balaban J connectivity index is 1.86. The molecule has 0 spiro atoms. The molecular weight excluding hydrogens is 260 g/mol. The van der Waals surface area contributed by atoms with Crippen LogP contribution in [0.1, 0.15) is 30.6 Å². The zero-order valence-corrected chi connectivity index (χ0v) is 12.0. The lowest BCUT2D eigenvalue weighted by atomic mass is 10.2. The summed E-state index contributed by atoms with van der Waals surface area (Å²) in [6, 6.07) is 8.33. The van der Waals surface area contributed by atoms with Crippen LogP contribution in [-0.2, 0) is 12.2 Å². The number of aryl methyl sites for hydroxylation is 2. The van der Waals surface area contributed by atoms with Crippen molar-refractivity contribution in [2.45, 2.75) is 43.4 Å². The van der Waals surface area contributed by atoms with Crippen molar-refractivity contribution in [1.82, 2.24) is 10.1 Å². The number of aliphatic hydroxyl groups excluding tert-OH is 1. The van der Waals surface area contributed by atoms with Gasteiger partial charge in [0.25, 0.3) is 0 Å².